The van der Waals surface area contributed by atoms with E-state index in [9.17, 15) is 14.7 Å². The van der Waals surface area contributed by atoms with Gasteiger partial charge in [-0.1, -0.05) is 6.92 Å². The van der Waals surface area contributed by atoms with Crippen LogP contribution in [0.5, 0.6) is 11.5 Å². The Morgan fingerprint density at radius 3 is 2.60 bits per heavy atom. The minimum Gasteiger partial charge on any atom is -0.507 e. The van der Waals surface area contributed by atoms with Gasteiger partial charge in [-0.3, -0.25) is 4.79 Å². The summed E-state index contributed by atoms with van der Waals surface area (Å²) >= 11 is 0. The van der Waals surface area contributed by atoms with Gasteiger partial charge in [0.25, 0.3) is 0 Å². The van der Waals surface area contributed by atoms with Gasteiger partial charge >= 0.3 is 11.9 Å². The van der Waals surface area contributed by atoms with Crippen LogP contribution >= 0.6 is 0 Å². The number of benzene rings is 1. The van der Waals surface area contributed by atoms with E-state index in [0.29, 0.717) is 0 Å². The predicted molar refractivity (Wildman–Crippen MR) is 51.0 cm³/mol. The highest BCUT2D eigenvalue weighted by Crippen LogP contribution is 2.23. The van der Waals surface area contributed by atoms with Crippen molar-refractivity contribution >= 4 is 11.9 Å². The Hall–Kier alpha value is -2.04. The molecule has 0 bridgehead atoms. The normalized spacial score (nSPS) is 9.67. The standard InChI is InChI=1S/C10H10O5/c1-2-9(12)15-6-3-4-8(11)7(5-6)10(13)14/h3-5,11H,2H2,1H3,(H,13,14). The van der Waals surface area contributed by atoms with Crippen molar-refractivity contribution in [2.45, 2.75) is 13.3 Å². The fourth-order valence-electron chi connectivity index (χ4n) is 0.954. The highest BCUT2D eigenvalue weighted by atomic mass is 16.5. The molecule has 0 radical (unpaired) electrons. The van der Waals surface area contributed by atoms with Crippen molar-refractivity contribution in [1.29, 1.82) is 0 Å². The zero-order chi connectivity index (χ0) is 11.4. The first-order chi connectivity index (χ1) is 7.04. The monoisotopic (exact) mass is 210 g/mol. The maximum absolute atomic E-state index is 10.9. The third-order valence-corrected chi connectivity index (χ3v) is 1.72. The van der Waals surface area contributed by atoms with Gasteiger partial charge in [-0.05, 0) is 18.2 Å². The molecule has 2 N–H and O–H groups in total. The predicted octanol–water partition coefficient (Wildman–Crippen LogP) is 1.41. The Balaban J connectivity index is 2.97. The molecule has 0 aromatic heterocycles. The van der Waals surface area contributed by atoms with E-state index in [4.69, 9.17) is 9.84 Å². The zero-order valence-electron chi connectivity index (χ0n) is 8.06. The number of rotatable bonds is 3. The lowest BCUT2D eigenvalue weighted by molar-refractivity contribution is -0.134. The van der Waals surface area contributed by atoms with Gasteiger partial charge in [0.15, 0.2) is 0 Å². The zero-order valence-corrected chi connectivity index (χ0v) is 8.06. The van der Waals surface area contributed by atoms with Crippen molar-refractivity contribution in [3.8, 4) is 11.5 Å². The van der Waals surface area contributed by atoms with Crippen LogP contribution in [0.2, 0.25) is 0 Å². The van der Waals surface area contributed by atoms with Gasteiger partial charge in [0.2, 0.25) is 0 Å². The van der Waals surface area contributed by atoms with Crippen molar-refractivity contribution in [3.63, 3.8) is 0 Å². The molecule has 0 spiro atoms. The van der Waals surface area contributed by atoms with E-state index >= 15 is 0 Å². The number of carboxylic acid groups (broad SMARTS) is 1. The molecule has 0 saturated heterocycles. The van der Waals surface area contributed by atoms with Gasteiger partial charge in [-0.2, -0.15) is 0 Å². The summed E-state index contributed by atoms with van der Waals surface area (Å²) in [4.78, 5) is 21.5. The molecule has 80 valence electrons. The molecule has 0 aliphatic carbocycles. The van der Waals surface area contributed by atoms with Crippen LogP contribution in [-0.2, 0) is 4.79 Å². The quantitative estimate of drug-likeness (QED) is 0.582. The van der Waals surface area contributed by atoms with Crippen LogP contribution < -0.4 is 4.74 Å². The van der Waals surface area contributed by atoms with Crippen molar-refractivity contribution in [2.75, 3.05) is 0 Å². The van der Waals surface area contributed by atoms with Crippen LogP contribution in [0.1, 0.15) is 23.7 Å². The van der Waals surface area contributed by atoms with Gasteiger partial charge in [0, 0.05) is 6.42 Å². The van der Waals surface area contributed by atoms with Gasteiger partial charge < -0.3 is 14.9 Å². The molecule has 1 aromatic carbocycles. The van der Waals surface area contributed by atoms with Crippen molar-refractivity contribution in [1.82, 2.24) is 0 Å². The summed E-state index contributed by atoms with van der Waals surface area (Å²) < 4.78 is 4.80. The Kier molecular flexibility index (Phi) is 3.28. The highest BCUT2D eigenvalue weighted by molar-refractivity contribution is 5.91. The van der Waals surface area contributed by atoms with Gasteiger partial charge in [-0.15, -0.1) is 0 Å². The van der Waals surface area contributed by atoms with E-state index < -0.39 is 11.9 Å². The van der Waals surface area contributed by atoms with Crippen LogP contribution in [0.4, 0.5) is 0 Å². The lowest BCUT2D eigenvalue weighted by Gasteiger charge is -2.04. The van der Waals surface area contributed by atoms with Gasteiger partial charge in [0.1, 0.15) is 17.1 Å². The Bertz CT molecular complexity index is 397. The number of aromatic carboxylic acids is 1. The Morgan fingerprint density at radius 2 is 2.07 bits per heavy atom. The molecule has 5 heteroatoms. The molecule has 0 amide bonds. The van der Waals surface area contributed by atoms with Crippen LogP contribution in [0.25, 0.3) is 0 Å². The maximum atomic E-state index is 10.9. The summed E-state index contributed by atoms with van der Waals surface area (Å²) in [6.07, 6.45) is 0.198. The summed E-state index contributed by atoms with van der Waals surface area (Å²) in [5.74, 6) is -1.99. The first-order valence-corrected chi connectivity index (χ1v) is 4.31. The third-order valence-electron chi connectivity index (χ3n) is 1.72. The molecule has 0 saturated carbocycles. The van der Waals surface area contributed by atoms with Crippen LogP contribution in [0.15, 0.2) is 18.2 Å². The first kappa shape index (κ1) is 11.0. The molecule has 0 unspecified atom stereocenters. The number of ether oxygens (including phenoxy) is 1. The van der Waals surface area contributed by atoms with E-state index in [1.54, 1.807) is 6.92 Å². The molecule has 0 aliphatic rings. The van der Waals surface area contributed by atoms with Crippen LogP contribution in [-0.4, -0.2) is 22.2 Å². The lowest BCUT2D eigenvalue weighted by Crippen LogP contribution is -2.06. The number of phenols is 1. The second-order valence-electron chi connectivity index (χ2n) is 2.81. The third kappa shape index (κ3) is 2.70. The largest absolute Gasteiger partial charge is 0.507 e. The fraction of sp³-hybridized carbons (Fsp3) is 0.200. The van der Waals surface area contributed by atoms with Gasteiger partial charge in [-0.25, -0.2) is 4.79 Å². The van der Waals surface area contributed by atoms with E-state index in [2.05, 4.69) is 0 Å². The number of carboxylic acids is 1. The van der Waals surface area contributed by atoms with Gasteiger partial charge in [0.05, 0.1) is 0 Å². The summed E-state index contributed by atoms with van der Waals surface area (Å²) in [6, 6.07) is 3.60. The van der Waals surface area contributed by atoms with E-state index in [0.717, 1.165) is 6.07 Å². The highest BCUT2D eigenvalue weighted by Gasteiger charge is 2.11. The number of aromatic hydroxyl groups is 1. The van der Waals surface area contributed by atoms with Crippen LogP contribution in [0.3, 0.4) is 0 Å². The molecular formula is C10H10O5. The minimum atomic E-state index is -1.28. The lowest BCUT2D eigenvalue weighted by atomic mass is 10.2. The van der Waals surface area contributed by atoms with Crippen molar-refractivity contribution in [3.05, 3.63) is 23.8 Å². The molecule has 1 rings (SSSR count). The van der Waals surface area contributed by atoms with E-state index in [1.165, 1.54) is 12.1 Å². The number of esters is 1. The van der Waals surface area contributed by atoms with Crippen LogP contribution in [0, 0.1) is 0 Å². The molecule has 1 aromatic rings. The molecule has 5 nitrogen and oxygen atoms in total. The molecule has 0 aliphatic heterocycles. The number of hydrogen-bond acceptors (Lipinski definition) is 4. The molecular weight excluding hydrogens is 200 g/mol. The number of carbonyl (C=O) groups excluding carboxylic acids is 1. The Labute approximate surface area is 85.9 Å². The number of hydrogen-bond donors (Lipinski definition) is 2. The average Bonchev–Trinajstić information content (AvgIpc) is 2.20. The van der Waals surface area contributed by atoms with E-state index in [1.807, 2.05) is 0 Å². The summed E-state index contributed by atoms with van der Waals surface area (Å²) in [5.41, 5.74) is -0.295. The molecule has 15 heavy (non-hydrogen) atoms. The van der Waals surface area contributed by atoms with Crippen molar-refractivity contribution < 1.29 is 24.5 Å². The maximum Gasteiger partial charge on any atom is 0.339 e. The second-order valence-corrected chi connectivity index (χ2v) is 2.81. The summed E-state index contributed by atoms with van der Waals surface area (Å²) in [5, 5.41) is 17.9. The smallest absolute Gasteiger partial charge is 0.339 e. The molecule has 0 heterocycles. The summed E-state index contributed by atoms with van der Waals surface area (Å²) in [6.45, 7) is 1.63. The van der Waals surface area contributed by atoms with Crippen molar-refractivity contribution in [2.24, 2.45) is 0 Å². The summed E-state index contributed by atoms with van der Waals surface area (Å²) in [7, 11) is 0. The number of carbonyl (C=O) groups is 2. The topological polar surface area (TPSA) is 83.8 Å². The first-order valence-electron chi connectivity index (χ1n) is 4.31. The minimum absolute atomic E-state index is 0.108. The molecule has 0 fully saturated rings. The second kappa shape index (κ2) is 4.45. The van der Waals surface area contributed by atoms with E-state index in [-0.39, 0.29) is 23.5 Å². The SMILES string of the molecule is CCC(=O)Oc1ccc(O)c(C(=O)O)c1. The molecule has 0 atom stereocenters. The Morgan fingerprint density at radius 1 is 1.40 bits per heavy atom. The fourth-order valence-corrected chi connectivity index (χ4v) is 0.954. The average molecular weight is 210 g/mol.